The van der Waals surface area contributed by atoms with Crippen LogP contribution in [0, 0.1) is 0 Å². The zero-order chi connectivity index (χ0) is 21.4. The van der Waals surface area contributed by atoms with Crippen molar-refractivity contribution in [1.82, 2.24) is 5.32 Å². The molecule has 0 aliphatic rings. The van der Waals surface area contributed by atoms with E-state index < -0.39 is 24.0 Å². The van der Waals surface area contributed by atoms with Crippen molar-refractivity contribution in [3.8, 4) is 0 Å². The number of anilines is 1. The van der Waals surface area contributed by atoms with Crippen molar-refractivity contribution in [1.29, 1.82) is 0 Å². The van der Waals surface area contributed by atoms with Gasteiger partial charge in [-0.25, -0.2) is 4.79 Å². The van der Waals surface area contributed by atoms with Crippen LogP contribution in [-0.2, 0) is 9.53 Å². The minimum atomic E-state index is -4.42. The number of benzene rings is 2. The van der Waals surface area contributed by atoms with Crippen LogP contribution in [0.5, 0.6) is 0 Å². The topological polar surface area (TPSA) is 84.5 Å². The molecule has 0 spiro atoms. The third-order valence-corrected chi connectivity index (χ3v) is 4.14. The van der Waals surface area contributed by atoms with Gasteiger partial charge in [0.15, 0.2) is 6.61 Å². The summed E-state index contributed by atoms with van der Waals surface area (Å²) in [5.74, 6) is -1.77. The first-order valence-corrected chi connectivity index (χ1v) is 9.20. The number of nitrogens with one attached hydrogen (secondary N) is 2. The van der Waals surface area contributed by atoms with Crippen LogP contribution in [0.1, 0.15) is 27.6 Å². The third-order valence-electron chi connectivity index (χ3n) is 3.40. The molecule has 2 amide bonds. The van der Waals surface area contributed by atoms with Crippen molar-refractivity contribution in [2.75, 3.05) is 18.5 Å². The fraction of sp³-hybridized carbons (Fsp3) is 0.211. The Morgan fingerprint density at radius 2 is 1.72 bits per heavy atom. The maximum atomic E-state index is 12.3. The van der Waals surface area contributed by atoms with Gasteiger partial charge in [-0.2, -0.15) is 13.2 Å². The first-order chi connectivity index (χ1) is 13.7. The Balaban J connectivity index is 1.88. The van der Waals surface area contributed by atoms with Gasteiger partial charge in [-0.3, -0.25) is 9.59 Å². The molecule has 2 aromatic carbocycles. The predicted molar refractivity (Wildman–Crippen MR) is 102 cm³/mol. The summed E-state index contributed by atoms with van der Waals surface area (Å²) in [6, 6.07) is 10.9. The van der Waals surface area contributed by atoms with E-state index in [0.717, 1.165) is 12.1 Å². The highest BCUT2D eigenvalue weighted by Crippen LogP contribution is 2.36. The quantitative estimate of drug-likeness (QED) is 0.519. The summed E-state index contributed by atoms with van der Waals surface area (Å²) < 4.78 is 41.8. The van der Waals surface area contributed by atoms with E-state index in [1.165, 1.54) is 18.2 Å². The second-order valence-electron chi connectivity index (χ2n) is 5.64. The molecule has 0 aliphatic heterocycles. The molecule has 154 valence electrons. The second kappa shape index (κ2) is 9.97. The fourth-order valence-electron chi connectivity index (χ4n) is 2.20. The van der Waals surface area contributed by atoms with Crippen LogP contribution < -0.4 is 10.6 Å². The van der Waals surface area contributed by atoms with Gasteiger partial charge in [-0.15, -0.1) is 0 Å². The molecule has 2 N–H and O–H groups in total. The first kappa shape index (κ1) is 22.3. The largest absolute Gasteiger partial charge is 0.452 e. The number of ether oxygens (including phenoxy) is 1. The molecule has 2 aromatic rings. The van der Waals surface area contributed by atoms with E-state index >= 15 is 0 Å². The summed E-state index contributed by atoms with van der Waals surface area (Å²) in [4.78, 5) is 35.6. The number of rotatable bonds is 7. The lowest BCUT2D eigenvalue weighted by Crippen LogP contribution is -2.23. The summed E-state index contributed by atoms with van der Waals surface area (Å²) in [6.07, 6.45) is 0. The molecular weight excluding hydrogens is 409 g/mol. The first-order valence-electron chi connectivity index (χ1n) is 8.39. The maximum absolute atomic E-state index is 12.3. The molecule has 0 aliphatic carbocycles. The van der Waals surface area contributed by atoms with Crippen LogP contribution in [0.15, 0.2) is 53.4 Å². The van der Waals surface area contributed by atoms with Gasteiger partial charge < -0.3 is 15.4 Å². The van der Waals surface area contributed by atoms with Gasteiger partial charge in [0, 0.05) is 22.7 Å². The van der Waals surface area contributed by atoms with Gasteiger partial charge in [0.25, 0.3) is 11.8 Å². The van der Waals surface area contributed by atoms with E-state index in [-0.39, 0.29) is 28.1 Å². The van der Waals surface area contributed by atoms with Gasteiger partial charge in [0.1, 0.15) is 0 Å². The monoisotopic (exact) mass is 426 g/mol. The molecule has 0 atom stereocenters. The number of amides is 2. The summed E-state index contributed by atoms with van der Waals surface area (Å²) in [5.41, 5.74) is -3.70. The summed E-state index contributed by atoms with van der Waals surface area (Å²) in [7, 11) is 0. The van der Waals surface area contributed by atoms with Gasteiger partial charge in [0.05, 0.1) is 5.56 Å². The Labute approximate surface area is 168 Å². The number of carbonyl (C=O) groups excluding carboxylic acids is 3. The molecule has 29 heavy (non-hydrogen) atoms. The van der Waals surface area contributed by atoms with Crippen molar-refractivity contribution >= 4 is 35.2 Å². The second-order valence-corrected chi connectivity index (χ2v) is 6.78. The highest BCUT2D eigenvalue weighted by Gasteiger charge is 2.29. The molecule has 0 aromatic heterocycles. The van der Waals surface area contributed by atoms with Crippen molar-refractivity contribution in [3.63, 3.8) is 0 Å². The SMILES string of the molecule is CCNC(=O)c1cccc(NC(=O)COC(=O)c2ccc(SC(F)(F)F)cc2)c1. The van der Waals surface area contributed by atoms with Crippen LogP contribution >= 0.6 is 11.8 Å². The summed E-state index contributed by atoms with van der Waals surface area (Å²) in [5, 5.41) is 5.13. The highest BCUT2D eigenvalue weighted by atomic mass is 32.2. The number of esters is 1. The Morgan fingerprint density at radius 1 is 1.03 bits per heavy atom. The number of hydrogen-bond donors (Lipinski definition) is 2. The molecule has 0 fully saturated rings. The van der Waals surface area contributed by atoms with E-state index in [0.29, 0.717) is 17.8 Å². The molecule has 10 heteroatoms. The zero-order valence-corrected chi connectivity index (χ0v) is 16.0. The van der Waals surface area contributed by atoms with E-state index in [1.54, 1.807) is 25.1 Å². The molecule has 2 rings (SSSR count). The Morgan fingerprint density at radius 3 is 2.34 bits per heavy atom. The normalized spacial score (nSPS) is 10.9. The van der Waals surface area contributed by atoms with E-state index in [1.807, 2.05) is 0 Å². The molecule has 0 saturated heterocycles. The van der Waals surface area contributed by atoms with Crippen LogP contribution in [0.2, 0.25) is 0 Å². The summed E-state index contributed by atoms with van der Waals surface area (Å²) in [6.45, 7) is 1.64. The minimum Gasteiger partial charge on any atom is -0.452 e. The Bertz CT molecular complexity index is 886. The molecule has 0 heterocycles. The fourth-order valence-corrected chi connectivity index (χ4v) is 2.74. The standard InChI is InChI=1S/C19H17F3N2O4S/c1-2-23-17(26)13-4-3-5-14(10-13)24-16(25)11-28-18(27)12-6-8-15(9-7-12)29-19(20,21)22/h3-10H,2,11H2,1H3,(H,23,26)(H,24,25). The number of halogens is 3. The highest BCUT2D eigenvalue weighted by molar-refractivity contribution is 8.00. The van der Waals surface area contributed by atoms with Crippen molar-refractivity contribution in [2.24, 2.45) is 0 Å². The van der Waals surface area contributed by atoms with Crippen LogP contribution in [0.25, 0.3) is 0 Å². The lowest BCUT2D eigenvalue weighted by atomic mass is 10.2. The van der Waals surface area contributed by atoms with Gasteiger partial charge in [0.2, 0.25) is 0 Å². The average Bonchev–Trinajstić information content (AvgIpc) is 2.66. The average molecular weight is 426 g/mol. The lowest BCUT2D eigenvalue weighted by Gasteiger charge is -2.09. The number of hydrogen-bond acceptors (Lipinski definition) is 5. The van der Waals surface area contributed by atoms with E-state index in [9.17, 15) is 27.6 Å². The Hall–Kier alpha value is -3.01. The molecule has 0 saturated carbocycles. The predicted octanol–water partition coefficient (Wildman–Crippen LogP) is 3.84. The molecule has 0 radical (unpaired) electrons. The zero-order valence-electron chi connectivity index (χ0n) is 15.2. The number of alkyl halides is 3. The maximum Gasteiger partial charge on any atom is 0.446 e. The van der Waals surface area contributed by atoms with Crippen LogP contribution in [-0.4, -0.2) is 36.4 Å². The van der Waals surface area contributed by atoms with Crippen molar-refractivity contribution in [3.05, 3.63) is 59.7 Å². The van der Waals surface area contributed by atoms with E-state index in [4.69, 9.17) is 4.74 Å². The van der Waals surface area contributed by atoms with Gasteiger partial charge >= 0.3 is 11.5 Å². The lowest BCUT2D eigenvalue weighted by molar-refractivity contribution is -0.119. The Kier molecular flexibility index (Phi) is 7.66. The van der Waals surface area contributed by atoms with Crippen LogP contribution in [0.3, 0.4) is 0 Å². The van der Waals surface area contributed by atoms with E-state index in [2.05, 4.69) is 10.6 Å². The summed E-state index contributed by atoms with van der Waals surface area (Å²) >= 11 is -0.298. The molecule has 6 nitrogen and oxygen atoms in total. The van der Waals surface area contributed by atoms with Crippen molar-refractivity contribution < 1.29 is 32.3 Å². The van der Waals surface area contributed by atoms with Gasteiger partial charge in [-0.1, -0.05) is 6.07 Å². The number of carbonyl (C=O) groups is 3. The minimum absolute atomic E-state index is 0.0163. The number of thioether (sulfide) groups is 1. The molecule has 0 bridgehead atoms. The third kappa shape index (κ3) is 7.49. The van der Waals surface area contributed by atoms with Crippen LogP contribution in [0.4, 0.5) is 18.9 Å². The molecule has 0 unspecified atom stereocenters. The van der Waals surface area contributed by atoms with Gasteiger partial charge in [-0.05, 0) is 61.2 Å². The smallest absolute Gasteiger partial charge is 0.446 e. The molecular formula is C19H17F3N2O4S. The van der Waals surface area contributed by atoms with Crippen molar-refractivity contribution in [2.45, 2.75) is 17.3 Å².